The maximum absolute atomic E-state index is 11.8. The number of carbonyl (C=O) groups is 1. The van der Waals surface area contributed by atoms with Crippen molar-refractivity contribution in [3.05, 3.63) is 30.3 Å². The molecule has 0 saturated heterocycles. The van der Waals surface area contributed by atoms with Crippen molar-refractivity contribution in [1.29, 1.82) is 0 Å². The Bertz CT molecular complexity index is 625. The summed E-state index contributed by atoms with van der Waals surface area (Å²) < 4.78 is 2.11. The molecule has 23 heavy (non-hydrogen) atoms. The molecule has 0 fully saturated rings. The highest BCUT2D eigenvalue weighted by Crippen LogP contribution is 2.24. The van der Waals surface area contributed by atoms with Gasteiger partial charge in [0.1, 0.15) is 0 Å². The molecule has 2 rings (SSSR count). The van der Waals surface area contributed by atoms with E-state index < -0.39 is 0 Å². The van der Waals surface area contributed by atoms with Crippen molar-refractivity contribution in [2.45, 2.75) is 38.9 Å². The molecule has 0 saturated carbocycles. The Balaban J connectivity index is 2.16. The number of hydrogen-bond acceptors (Lipinski definition) is 4. The van der Waals surface area contributed by atoms with Crippen LogP contribution in [-0.2, 0) is 11.3 Å². The van der Waals surface area contributed by atoms with Gasteiger partial charge in [0, 0.05) is 18.7 Å². The Labute approximate surface area is 141 Å². The summed E-state index contributed by atoms with van der Waals surface area (Å²) in [6.07, 6.45) is 0.943. The molecule has 0 aliphatic rings. The van der Waals surface area contributed by atoms with Gasteiger partial charge in [-0.05, 0) is 12.3 Å². The van der Waals surface area contributed by atoms with Gasteiger partial charge < -0.3 is 9.88 Å². The van der Waals surface area contributed by atoms with E-state index in [0.29, 0.717) is 18.2 Å². The van der Waals surface area contributed by atoms with Gasteiger partial charge in [-0.2, -0.15) is 0 Å². The molecule has 2 aromatic rings. The van der Waals surface area contributed by atoms with E-state index in [1.165, 1.54) is 11.8 Å². The topological polar surface area (TPSA) is 59.8 Å². The zero-order valence-corrected chi connectivity index (χ0v) is 14.8. The largest absolute Gasteiger partial charge is 0.355 e. The van der Waals surface area contributed by atoms with Gasteiger partial charge in [0.15, 0.2) is 11.0 Å². The number of amides is 1. The van der Waals surface area contributed by atoms with Crippen molar-refractivity contribution in [3.8, 4) is 11.4 Å². The lowest BCUT2D eigenvalue weighted by atomic mass is 10.2. The molecule has 0 aliphatic carbocycles. The predicted molar refractivity (Wildman–Crippen MR) is 94.3 cm³/mol. The number of hydrogen-bond donors (Lipinski definition) is 1. The van der Waals surface area contributed by atoms with E-state index in [1.54, 1.807) is 0 Å². The molecule has 1 N–H and O–H groups in total. The Hall–Kier alpha value is -1.82. The lowest BCUT2D eigenvalue weighted by molar-refractivity contribution is -0.118. The van der Waals surface area contributed by atoms with E-state index in [4.69, 9.17) is 0 Å². The summed E-state index contributed by atoms with van der Waals surface area (Å²) in [7, 11) is 0. The summed E-state index contributed by atoms with van der Waals surface area (Å²) in [6, 6.07) is 10.0. The zero-order valence-electron chi connectivity index (χ0n) is 14.0. The molecule has 5 nitrogen and oxygen atoms in total. The number of rotatable bonds is 8. The minimum atomic E-state index is 0.0391. The van der Waals surface area contributed by atoms with Crippen molar-refractivity contribution in [2.75, 3.05) is 12.3 Å². The first-order valence-corrected chi connectivity index (χ1v) is 8.98. The molecule has 1 aromatic carbocycles. The van der Waals surface area contributed by atoms with Gasteiger partial charge in [-0.3, -0.25) is 4.79 Å². The number of nitrogens with one attached hydrogen (secondary N) is 1. The van der Waals surface area contributed by atoms with Crippen LogP contribution >= 0.6 is 11.8 Å². The predicted octanol–water partition coefficient (Wildman–Crippen LogP) is 3.22. The lowest BCUT2D eigenvalue weighted by Crippen LogP contribution is -2.25. The fourth-order valence-corrected chi connectivity index (χ4v) is 2.95. The van der Waals surface area contributed by atoms with Crippen LogP contribution in [0.15, 0.2) is 35.5 Å². The van der Waals surface area contributed by atoms with E-state index >= 15 is 0 Å². The Morgan fingerprint density at radius 2 is 2.00 bits per heavy atom. The lowest BCUT2D eigenvalue weighted by Gasteiger charge is -2.12. The molecule has 0 radical (unpaired) electrons. The van der Waals surface area contributed by atoms with Gasteiger partial charge in [0.05, 0.1) is 5.75 Å². The number of aromatic nitrogens is 3. The average molecular weight is 332 g/mol. The second kappa shape index (κ2) is 8.72. The second-order valence-corrected chi connectivity index (χ2v) is 6.76. The minimum Gasteiger partial charge on any atom is -0.355 e. The maximum atomic E-state index is 11.8. The maximum Gasteiger partial charge on any atom is 0.230 e. The van der Waals surface area contributed by atoms with Crippen molar-refractivity contribution < 1.29 is 4.79 Å². The summed E-state index contributed by atoms with van der Waals surface area (Å²) in [5, 5.41) is 12.3. The fraction of sp³-hybridized carbons (Fsp3) is 0.471. The Kier molecular flexibility index (Phi) is 6.65. The van der Waals surface area contributed by atoms with Crippen molar-refractivity contribution in [3.63, 3.8) is 0 Å². The van der Waals surface area contributed by atoms with Crippen LogP contribution in [0, 0.1) is 5.92 Å². The third-order valence-corrected chi connectivity index (χ3v) is 4.17. The van der Waals surface area contributed by atoms with Crippen LogP contribution < -0.4 is 5.32 Å². The molecule has 1 amide bonds. The van der Waals surface area contributed by atoms with E-state index in [9.17, 15) is 4.79 Å². The van der Waals surface area contributed by atoms with Crippen molar-refractivity contribution in [1.82, 2.24) is 20.1 Å². The highest BCUT2D eigenvalue weighted by molar-refractivity contribution is 7.99. The van der Waals surface area contributed by atoms with Crippen LogP contribution in [0.4, 0.5) is 0 Å². The third-order valence-electron chi connectivity index (χ3n) is 3.20. The van der Waals surface area contributed by atoms with Gasteiger partial charge in [-0.1, -0.05) is 62.9 Å². The molecule has 0 unspecified atom stereocenters. The molecule has 124 valence electrons. The van der Waals surface area contributed by atoms with Crippen LogP contribution in [0.25, 0.3) is 11.4 Å². The molecular formula is C17H24N4OS. The summed E-state index contributed by atoms with van der Waals surface area (Å²) in [4.78, 5) is 11.8. The molecule has 1 aromatic heterocycles. The Morgan fingerprint density at radius 1 is 1.26 bits per heavy atom. The van der Waals surface area contributed by atoms with Gasteiger partial charge in [-0.15, -0.1) is 10.2 Å². The van der Waals surface area contributed by atoms with Gasteiger partial charge in [0.25, 0.3) is 0 Å². The molecule has 0 aliphatic heterocycles. The monoisotopic (exact) mass is 332 g/mol. The van der Waals surface area contributed by atoms with Crippen molar-refractivity contribution >= 4 is 17.7 Å². The molecule has 0 spiro atoms. The molecule has 0 atom stereocenters. The van der Waals surface area contributed by atoms with Gasteiger partial charge >= 0.3 is 0 Å². The fourth-order valence-electron chi connectivity index (χ4n) is 2.17. The van der Waals surface area contributed by atoms with Crippen LogP contribution in [0.2, 0.25) is 0 Å². The summed E-state index contributed by atoms with van der Waals surface area (Å²) in [5.41, 5.74) is 1.04. The standard InChI is InChI=1S/C17H24N4OS/c1-4-10-18-15(22)12-23-17-20-19-16(21(17)11-13(2)3)14-8-6-5-7-9-14/h5-9,13H,4,10-12H2,1-3H3,(H,18,22). The number of nitrogens with zero attached hydrogens (tertiary/aromatic N) is 3. The highest BCUT2D eigenvalue weighted by Gasteiger charge is 2.16. The highest BCUT2D eigenvalue weighted by atomic mass is 32.2. The van der Waals surface area contributed by atoms with Crippen LogP contribution in [0.3, 0.4) is 0 Å². The van der Waals surface area contributed by atoms with Crippen LogP contribution in [-0.4, -0.2) is 33.0 Å². The minimum absolute atomic E-state index is 0.0391. The second-order valence-electron chi connectivity index (χ2n) is 5.82. The van der Waals surface area contributed by atoms with E-state index in [1.807, 2.05) is 37.3 Å². The number of thioether (sulfide) groups is 1. The number of benzene rings is 1. The van der Waals surface area contributed by atoms with E-state index in [0.717, 1.165) is 29.5 Å². The zero-order chi connectivity index (χ0) is 16.7. The SMILES string of the molecule is CCCNC(=O)CSc1nnc(-c2ccccc2)n1CC(C)C. The molecule has 6 heteroatoms. The summed E-state index contributed by atoms with van der Waals surface area (Å²) in [6.45, 7) is 7.91. The van der Waals surface area contributed by atoms with Gasteiger partial charge in [-0.25, -0.2) is 0 Å². The molecular weight excluding hydrogens is 308 g/mol. The quantitative estimate of drug-likeness (QED) is 0.754. The van der Waals surface area contributed by atoms with Gasteiger partial charge in [0.2, 0.25) is 5.91 Å². The smallest absolute Gasteiger partial charge is 0.230 e. The first kappa shape index (κ1) is 17.5. The first-order chi connectivity index (χ1) is 11.1. The summed E-state index contributed by atoms with van der Waals surface area (Å²) >= 11 is 1.44. The van der Waals surface area contributed by atoms with E-state index in [-0.39, 0.29) is 5.91 Å². The third kappa shape index (κ3) is 5.10. The first-order valence-electron chi connectivity index (χ1n) is 8.00. The summed E-state index contributed by atoms with van der Waals surface area (Å²) in [5.74, 6) is 1.74. The molecule has 0 bridgehead atoms. The Morgan fingerprint density at radius 3 is 2.65 bits per heavy atom. The number of carbonyl (C=O) groups excluding carboxylic acids is 1. The van der Waals surface area contributed by atoms with Crippen LogP contribution in [0.1, 0.15) is 27.2 Å². The normalized spacial score (nSPS) is 11.0. The molecule has 1 heterocycles. The van der Waals surface area contributed by atoms with Crippen molar-refractivity contribution in [2.24, 2.45) is 5.92 Å². The average Bonchev–Trinajstić information content (AvgIpc) is 2.93. The van der Waals surface area contributed by atoms with Crippen LogP contribution in [0.5, 0.6) is 0 Å². The van der Waals surface area contributed by atoms with E-state index in [2.05, 4.69) is 33.9 Å².